The Labute approximate surface area is 120 Å². The summed E-state index contributed by atoms with van der Waals surface area (Å²) in [6.07, 6.45) is 8.76. The number of hydrogen-bond acceptors (Lipinski definition) is 4. The second-order valence-electron chi connectivity index (χ2n) is 5.15. The van der Waals surface area contributed by atoms with Gasteiger partial charge in [-0.1, -0.05) is 32.1 Å². The molecule has 20 heavy (non-hydrogen) atoms. The Kier molecular flexibility index (Phi) is 5.10. The molecule has 0 amide bonds. The maximum Gasteiger partial charge on any atom is 0.242 e. The Morgan fingerprint density at radius 1 is 1.15 bits per heavy atom. The minimum absolute atomic E-state index is 0.0101. The molecule has 0 unspecified atom stereocenters. The number of sulfonamides is 1. The van der Waals surface area contributed by atoms with Gasteiger partial charge in [0, 0.05) is 12.2 Å². The van der Waals surface area contributed by atoms with E-state index < -0.39 is 10.0 Å². The summed E-state index contributed by atoms with van der Waals surface area (Å²) < 4.78 is 27.3. The van der Waals surface area contributed by atoms with Crippen LogP contribution in [0.4, 0.5) is 0 Å². The van der Waals surface area contributed by atoms with Crippen LogP contribution < -0.4 is 4.72 Å². The maximum atomic E-state index is 12.3. The number of nitrogens with zero attached hydrogens (tertiary/aromatic N) is 2. The highest BCUT2D eigenvalue weighted by Crippen LogP contribution is 2.19. The topological polar surface area (TPSA) is 82.8 Å². The third-order valence-corrected chi connectivity index (χ3v) is 5.09. The minimum atomic E-state index is -3.53. The van der Waals surface area contributed by atoms with Crippen LogP contribution in [-0.4, -0.2) is 19.4 Å². The summed E-state index contributed by atoms with van der Waals surface area (Å²) in [5.74, 6) is 0. The van der Waals surface area contributed by atoms with Crippen LogP contribution in [0.25, 0.3) is 0 Å². The minimum Gasteiger partial charge on any atom is -0.244 e. The highest BCUT2D eigenvalue weighted by molar-refractivity contribution is 7.89. The van der Waals surface area contributed by atoms with Gasteiger partial charge in [-0.25, -0.2) is 18.1 Å². The molecule has 0 saturated heterocycles. The van der Waals surface area contributed by atoms with Crippen molar-refractivity contribution in [1.29, 1.82) is 5.26 Å². The molecular weight excluding hydrogens is 274 g/mol. The second-order valence-corrected chi connectivity index (χ2v) is 6.87. The first kappa shape index (κ1) is 14.9. The normalized spacial score (nSPS) is 17.9. The van der Waals surface area contributed by atoms with Crippen molar-refractivity contribution >= 4 is 10.0 Å². The lowest BCUT2D eigenvalue weighted by atomic mass is 9.97. The van der Waals surface area contributed by atoms with Crippen molar-refractivity contribution in [2.45, 2.75) is 55.9 Å². The molecule has 0 spiro atoms. The summed E-state index contributed by atoms with van der Waals surface area (Å²) in [7, 11) is -3.53. The van der Waals surface area contributed by atoms with E-state index in [2.05, 4.69) is 9.71 Å². The molecule has 2 rings (SSSR count). The first-order valence-electron chi connectivity index (χ1n) is 7.00. The summed E-state index contributed by atoms with van der Waals surface area (Å²) in [4.78, 5) is 3.93. The van der Waals surface area contributed by atoms with Gasteiger partial charge in [0.25, 0.3) is 0 Å². The van der Waals surface area contributed by atoms with E-state index in [0.29, 0.717) is 0 Å². The van der Waals surface area contributed by atoms with E-state index in [1.54, 1.807) is 0 Å². The average molecular weight is 293 g/mol. The summed E-state index contributed by atoms with van der Waals surface area (Å²) in [6, 6.07) is 4.74. The van der Waals surface area contributed by atoms with Crippen molar-refractivity contribution in [2.75, 3.05) is 0 Å². The molecular formula is C14H19N3O2S. The van der Waals surface area contributed by atoms with Gasteiger partial charge in [0.1, 0.15) is 16.7 Å². The van der Waals surface area contributed by atoms with Crippen molar-refractivity contribution in [3.63, 3.8) is 0 Å². The predicted molar refractivity (Wildman–Crippen MR) is 75.4 cm³/mol. The van der Waals surface area contributed by atoms with Gasteiger partial charge in [-0.3, -0.25) is 0 Å². The highest BCUT2D eigenvalue weighted by Gasteiger charge is 2.20. The van der Waals surface area contributed by atoms with Crippen LogP contribution in [0.2, 0.25) is 0 Å². The summed E-state index contributed by atoms with van der Waals surface area (Å²) in [6.45, 7) is 0. The first-order valence-corrected chi connectivity index (χ1v) is 8.48. The van der Waals surface area contributed by atoms with Crippen LogP contribution in [0.1, 0.15) is 50.6 Å². The summed E-state index contributed by atoms with van der Waals surface area (Å²) >= 11 is 0. The molecule has 0 bridgehead atoms. The summed E-state index contributed by atoms with van der Waals surface area (Å²) in [5, 5.41) is 8.67. The van der Waals surface area contributed by atoms with Crippen LogP contribution in [0, 0.1) is 11.3 Å². The Balaban J connectivity index is 2.07. The van der Waals surface area contributed by atoms with Gasteiger partial charge < -0.3 is 0 Å². The fourth-order valence-electron chi connectivity index (χ4n) is 2.47. The molecule has 0 aliphatic heterocycles. The Bertz CT molecular complexity index is 567. The zero-order valence-electron chi connectivity index (χ0n) is 11.4. The number of rotatable bonds is 3. The van der Waals surface area contributed by atoms with E-state index in [-0.39, 0.29) is 16.6 Å². The largest absolute Gasteiger partial charge is 0.244 e. The van der Waals surface area contributed by atoms with Gasteiger partial charge in [-0.2, -0.15) is 5.26 Å². The Hall–Kier alpha value is -1.45. The Morgan fingerprint density at radius 2 is 1.80 bits per heavy atom. The highest BCUT2D eigenvalue weighted by atomic mass is 32.2. The molecule has 1 aromatic rings. The van der Waals surface area contributed by atoms with E-state index in [9.17, 15) is 8.42 Å². The molecule has 0 aromatic carbocycles. The molecule has 1 aliphatic rings. The zero-order valence-corrected chi connectivity index (χ0v) is 12.2. The summed E-state index contributed by atoms with van der Waals surface area (Å²) in [5.41, 5.74) is 0.218. The molecule has 1 fully saturated rings. The van der Waals surface area contributed by atoms with Crippen molar-refractivity contribution in [2.24, 2.45) is 0 Å². The molecule has 0 atom stereocenters. The van der Waals surface area contributed by atoms with Gasteiger partial charge >= 0.3 is 0 Å². The molecule has 1 N–H and O–H groups in total. The quantitative estimate of drug-likeness (QED) is 0.927. The number of nitriles is 1. The fourth-order valence-corrected chi connectivity index (χ4v) is 3.72. The molecule has 108 valence electrons. The number of hydrogen-bond donors (Lipinski definition) is 1. The van der Waals surface area contributed by atoms with Crippen molar-refractivity contribution < 1.29 is 8.42 Å². The van der Waals surface area contributed by atoms with E-state index in [1.165, 1.54) is 37.6 Å². The van der Waals surface area contributed by atoms with Crippen molar-refractivity contribution in [3.05, 3.63) is 24.0 Å². The van der Waals surface area contributed by atoms with E-state index in [4.69, 9.17) is 5.26 Å². The van der Waals surface area contributed by atoms with Crippen LogP contribution in [-0.2, 0) is 10.0 Å². The van der Waals surface area contributed by atoms with Gasteiger partial charge in [-0.15, -0.1) is 0 Å². The third kappa shape index (κ3) is 4.02. The average Bonchev–Trinajstić information content (AvgIpc) is 2.42. The maximum absolute atomic E-state index is 12.3. The van der Waals surface area contributed by atoms with Gasteiger partial charge in [0.15, 0.2) is 0 Å². The number of pyridine rings is 1. The van der Waals surface area contributed by atoms with Crippen molar-refractivity contribution in [1.82, 2.24) is 9.71 Å². The van der Waals surface area contributed by atoms with E-state index in [1.807, 2.05) is 6.07 Å². The van der Waals surface area contributed by atoms with Crippen LogP contribution in [0.15, 0.2) is 23.2 Å². The molecule has 1 aliphatic carbocycles. The van der Waals surface area contributed by atoms with Gasteiger partial charge in [0.05, 0.1) is 0 Å². The van der Waals surface area contributed by atoms with Crippen LogP contribution in [0.3, 0.4) is 0 Å². The number of aromatic nitrogens is 1. The predicted octanol–water partition coefficient (Wildman–Crippen LogP) is 2.34. The fraction of sp³-hybridized carbons (Fsp3) is 0.571. The lowest BCUT2D eigenvalue weighted by Crippen LogP contribution is -2.35. The molecule has 0 radical (unpaired) electrons. The van der Waals surface area contributed by atoms with E-state index in [0.717, 1.165) is 25.7 Å². The van der Waals surface area contributed by atoms with Crippen LogP contribution in [0.5, 0.6) is 0 Å². The molecule has 1 aromatic heterocycles. The monoisotopic (exact) mass is 293 g/mol. The number of nitrogens with one attached hydrogen (secondary N) is 1. The lowest BCUT2D eigenvalue weighted by Gasteiger charge is -2.20. The SMILES string of the molecule is N#Cc1ccc(S(=O)(=O)NC2CCCCCCC2)cn1. The molecule has 1 heterocycles. The van der Waals surface area contributed by atoms with Gasteiger partial charge in [-0.05, 0) is 25.0 Å². The zero-order chi connectivity index (χ0) is 14.4. The third-order valence-electron chi connectivity index (χ3n) is 3.59. The van der Waals surface area contributed by atoms with Crippen molar-refractivity contribution in [3.8, 4) is 6.07 Å². The standard InChI is InChI=1S/C14H19N3O2S/c15-10-13-8-9-14(11-16-13)20(18,19)17-12-6-4-2-1-3-5-7-12/h8-9,11-12,17H,1-7H2. The second kappa shape index (κ2) is 6.82. The Morgan fingerprint density at radius 3 is 2.35 bits per heavy atom. The lowest BCUT2D eigenvalue weighted by molar-refractivity contribution is 0.426. The molecule has 5 nitrogen and oxygen atoms in total. The van der Waals surface area contributed by atoms with Crippen LogP contribution >= 0.6 is 0 Å². The molecule has 6 heteroatoms. The van der Waals surface area contributed by atoms with E-state index >= 15 is 0 Å². The molecule has 1 saturated carbocycles. The first-order chi connectivity index (χ1) is 9.62. The smallest absolute Gasteiger partial charge is 0.242 e. The van der Waals surface area contributed by atoms with Gasteiger partial charge in [0.2, 0.25) is 10.0 Å².